The Morgan fingerprint density at radius 3 is 2.52 bits per heavy atom. The number of methoxy groups -OCH3 is 1. The van der Waals surface area contributed by atoms with Gasteiger partial charge in [-0.1, -0.05) is 24.3 Å². The van der Waals surface area contributed by atoms with E-state index in [0.717, 1.165) is 11.3 Å². The predicted molar refractivity (Wildman–Crippen MR) is 109 cm³/mol. The molecular formula is C21H20N4O4. The van der Waals surface area contributed by atoms with Gasteiger partial charge in [-0.05, 0) is 24.3 Å². The zero-order valence-corrected chi connectivity index (χ0v) is 15.8. The van der Waals surface area contributed by atoms with E-state index in [9.17, 15) is 9.59 Å². The molecule has 0 bridgehead atoms. The highest BCUT2D eigenvalue weighted by Crippen LogP contribution is 2.27. The summed E-state index contributed by atoms with van der Waals surface area (Å²) in [7, 11) is 1.61. The van der Waals surface area contributed by atoms with Crippen LogP contribution in [0.3, 0.4) is 0 Å². The molecule has 29 heavy (non-hydrogen) atoms. The largest absolute Gasteiger partial charge is 0.495 e. The maximum atomic E-state index is 11.7. The lowest BCUT2D eigenvalue weighted by Gasteiger charge is -2.11. The Hall–Kier alpha value is -3.94. The Morgan fingerprint density at radius 2 is 1.79 bits per heavy atom. The van der Waals surface area contributed by atoms with Crippen molar-refractivity contribution in [2.75, 3.05) is 17.7 Å². The van der Waals surface area contributed by atoms with Gasteiger partial charge in [0.25, 0.3) is 0 Å². The van der Waals surface area contributed by atoms with Crippen molar-refractivity contribution >= 4 is 29.1 Å². The van der Waals surface area contributed by atoms with Gasteiger partial charge in [-0.3, -0.25) is 9.59 Å². The quantitative estimate of drug-likeness (QED) is 0.536. The van der Waals surface area contributed by atoms with E-state index in [-0.39, 0.29) is 18.7 Å². The maximum absolute atomic E-state index is 11.7. The number of para-hydroxylation sites is 2. The molecule has 3 N–H and O–H groups in total. The molecule has 3 aromatic rings. The number of ether oxygens (including phenoxy) is 1. The van der Waals surface area contributed by atoms with E-state index in [1.54, 1.807) is 19.2 Å². The summed E-state index contributed by atoms with van der Waals surface area (Å²) in [6, 6.07) is 16.5. The minimum atomic E-state index is -1.00. The van der Waals surface area contributed by atoms with Gasteiger partial charge in [-0.15, -0.1) is 0 Å². The van der Waals surface area contributed by atoms with Crippen LogP contribution in [0, 0.1) is 0 Å². The van der Waals surface area contributed by atoms with Crippen LogP contribution in [0.2, 0.25) is 0 Å². The summed E-state index contributed by atoms with van der Waals surface area (Å²) in [5.74, 6) is -0.0246. The maximum Gasteiger partial charge on any atom is 0.303 e. The average Bonchev–Trinajstić information content (AvgIpc) is 2.73. The molecule has 2 aromatic carbocycles. The fourth-order valence-corrected chi connectivity index (χ4v) is 2.64. The predicted octanol–water partition coefficient (Wildman–Crippen LogP) is 3.70. The lowest BCUT2D eigenvalue weighted by molar-refractivity contribution is -0.138. The van der Waals surface area contributed by atoms with Crippen molar-refractivity contribution < 1.29 is 19.4 Å². The fourth-order valence-electron chi connectivity index (χ4n) is 2.64. The lowest BCUT2D eigenvalue weighted by Crippen LogP contribution is -2.13. The molecule has 0 unspecified atom stereocenters. The van der Waals surface area contributed by atoms with Crippen molar-refractivity contribution in [3.63, 3.8) is 0 Å². The van der Waals surface area contributed by atoms with Gasteiger partial charge in [0.05, 0.1) is 24.9 Å². The molecule has 3 rings (SSSR count). The van der Waals surface area contributed by atoms with Crippen molar-refractivity contribution in [3.8, 4) is 17.0 Å². The molecular weight excluding hydrogens is 372 g/mol. The van der Waals surface area contributed by atoms with E-state index >= 15 is 0 Å². The summed E-state index contributed by atoms with van der Waals surface area (Å²) >= 11 is 0. The highest BCUT2D eigenvalue weighted by molar-refractivity contribution is 5.92. The number of aliphatic carboxylic acids is 1. The van der Waals surface area contributed by atoms with Crippen LogP contribution in [-0.4, -0.2) is 34.1 Å². The zero-order chi connectivity index (χ0) is 20.6. The van der Waals surface area contributed by atoms with Gasteiger partial charge in [-0.2, -0.15) is 0 Å². The summed E-state index contributed by atoms with van der Waals surface area (Å²) in [5, 5.41) is 14.5. The third kappa shape index (κ3) is 5.52. The molecule has 8 nitrogen and oxygen atoms in total. The summed E-state index contributed by atoms with van der Waals surface area (Å²) in [6.45, 7) is 0. The summed E-state index contributed by atoms with van der Waals surface area (Å²) in [4.78, 5) is 30.8. The van der Waals surface area contributed by atoms with Crippen molar-refractivity contribution in [1.82, 2.24) is 9.97 Å². The van der Waals surface area contributed by atoms with Crippen molar-refractivity contribution in [2.24, 2.45) is 0 Å². The van der Waals surface area contributed by atoms with Gasteiger partial charge in [-0.25, -0.2) is 9.97 Å². The first-order valence-corrected chi connectivity index (χ1v) is 8.89. The molecule has 1 amide bonds. The first-order valence-electron chi connectivity index (χ1n) is 8.89. The van der Waals surface area contributed by atoms with Crippen LogP contribution in [0.4, 0.5) is 17.2 Å². The highest BCUT2D eigenvalue weighted by atomic mass is 16.5. The van der Waals surface area contributed by atoms with Crippen molar-refractivity contribution in [3.05, 3.63) is 60.9 Å². The van der Waals surface area contributed by atoms with E-state index in [0.29, 0.717) is 22.9 Å². The topological polar surface area (TPSA) is 113 Å². The highest BCUT2D eigenvalue weighted by Gasteiger charge is 2.08. The average molecular weight is 392 g/mol. The number of rotatable bonds is 8. The third-order valence-corrected chi connectivity index (χ3v) is 4.07. The molecule has 0 saturated heterocycles. The van der Waals surface area contributed by atoms with Crippen LogP contribution in [0.15, 0.2) is 60.9 Å². The monoisotopic (exact) mass is 392 g/mol. The van der Waals surface area contributed by atoms with Gasteiger partial charge >= 0.3 is 5.97 Å². The summed E-state index contributed by atoms with van der Waals surface area (Å²) < 4.78 is 5.33. The van der Waals surface area contributed by atoms with Crippen LogP contribution < -0.4 is 15.4 Å². The van der Waals surface area contributed by atoms with E-state index in [2.05, 4.69) is 20.6 Å². The third-order valence-electron chi connectivity index (χ3n) is 4.07. The molecule has 148 valence electrons. The summed E-state index contributed by atoms with van der Waals surface area (Å²) in [6.07, 6.45) is 1.20. The van der Waals surface area contributed by atoms with E-state index in [1.807, 2.05) is 42.5 Å². The first kappa shape index (κ1) is 19.8. The standard InChI is InChI=1S/C21H20N4O4/c1-29-18-5-3-2-4-16(18)25-19-12-17(22-13-23-19)14-6-8-15(9-7-14)24-20(26)10-11-21(27)28/h2-9,12-13H,10-11H2,1H3,(H,24,26)(H,27,28)(H,22,23,25). The number of amides is 1. The van der Waals surface area contributed by atoms with Gasteiger partial charge in [0.15, 0.2) is 0 Å². The molecule has 0 spiro atoms. The number of carbonyl (C=O) groups excluding carboxylic acids is 1. The second-order valence-electron chi connectivity index (χ2n) is 6.13. The number of carbonyl (C=O) groups is 2. The Bertz CT molecular complexity index is 1010. The number of hydrogen-bond acceptors (Lipinski definition) is 6. The molecule has 0 aliphatic heterocycles. The van der Waals surface area contributed by atoms with Gasteiger partial charge in [0.2, 0.25) is 5.91 Å². The first-order chi connectivity index (χ1) is 14.0. The Kier molecular flexibility index (Phi) is 6.36. The van der Waals surface area contributed by atoms with Gasteiger partial charge in [0.1, 0.15) is 17.9 Å². The van der Waals surface area contributed by atoms with E-state index in [1.165, 1.54) is 6.33 Å². The van der Waals surface area contributed by atoms with Crippen LogP contribution in [0.1, 0.15) is 12.8 Å². The van der Waals surface area contributed by atoms with Gasteiger partial charge in [0, 0.05) is 23.7 Å². The molecule has 0 saturated carbocycles. The Morgan fingerprint density at radius 1 is 1.03 bits per heavy atom. The zero-order valence-electron chi connectivity index (χ0n) is 15.8. The molecule has 0 fully saturated rings. The van der Waals surface area contributed by atoms with E-state index in [4.69, 9.17) is 9.84 Å². The Balaban J connectivity index is 1.70. The number of carboxylic acid groups (broad SMARTS) is 1. The second kappa shape index (κ2) is 9.32. The SMILES string of the molecule is COc1ccccc1Nc1cc(-c2ccc(NC(=O)CCC(=O)O)cc2)ncn1. The number of nitrogens with one attached hydrogen (secondary N) is 2. The molecule has 1 aromatic heterocycles. The lowest BCUT2D eigenvalue weighted by atomic mass is 10.1. The summed E-state index contributed by atoms with van der Waals surface area (Å²) in [5.41, 5.74) is 2.93. The fraction of sp³-hybridized carbons (Fsp3) is 0.143. The molecule has 1 heterocycles. The Labute approximate surface area is 167 Å². The number of hydrogen-bond donors (Lipinski definition) is 3. The number of carboxylic acids is 1. The number of nitrogens with zero attached hydrogens (tertiary/aromatic N) is 2. The van der Waals surface area contributed by atoms with Crippen LogP contribution >= 0.6 is 0 Å². The molecule has 0 aliphatic carbocycles. The second-order valence-corrected chi connectivity index (χ2v) is 6.13. The number of anilines is 3. The van der Waals surface area contributed by atoms with E-state index < -0.39 is 5.97 Å². The molecule has 0 aliphatic rings. The van der Waals surface area contributed by atoms with Gasteiger partial charge < -0.3 is 20.5 Å². The minimum Gasteiger partial charge on any atom is -0.495 e. The number of benzene rings is 2. The van der Waals surface area contributed by atoms with Crippen molar-refractivity contribution in [1.29, 1.82) is 0 Å². The number of aromatic nitrogens is 2. The van der Waals surface area contributed by atoms with Crippen LogP contribution in [0.25, 0.3) is 11.3 Å². The van der Waals surface area contributed by atoms with Crippen LogP contribution in [0.5, 0.6) is 5.75 Å². The molecule has 0 atom stereocenters. The van der Waals surface area contributed by atoms with Crippen LogP contribution in [-0.2, 0) is 9.59 Å². The minimum absolute atomic E-state index is 0.0685. The smallest absolute Gasteiger partial charge is 0.303 e. The molecule has 8 heteroatoms. The van der Waals surface area contributed by atoms with Crippen molar-refractivity contribution in [2.45, 2.75) is 12.8 Å². The molecule has 0 radical (unpaired) electrons. The normalized spacial score (nSPS) is 10.2.